The molecule has 3 amide bonds. The topological polar surface area (TPSA) is 108 Å². The van der Waals surface area contributed by atoms with Crippen molar-refractivity contribution in [2.75, 3.05) is 6.54 Å². The van der Waals surface area contributed by atoms with Crippen molar-refractivity contribution in [2.45, 2.75) is 111 Å². The third-order valence-electron chi connectivity index (χ3n) is 7.59. The van der Waals surface area contributed by atoms with Gasteiger partial charge in [-0.25, -0.2) is 0 Å². The number of hydrogen-bond donors (Lipinski definition) is 4. The normalized spacial score (nSPS) is 14.5. The van der Waals surface area contributed by atoms with Crippen molar-refractivity contribution in [3.63, 3.8) is 0 Å². The van der Waals surface area contributed by atoms with Crippen LogP contribution in [0.1, 0.15) is 92.1 Å². The Kier molecular flexibility index (Phi) is 14.9. The van der Waals surface area contributed by atoms with E-state index in [0.717, 1.165) is 29.2 Å². The molecular weight excluding hydrogens is 514 g/mol. The molecule has 7 nitrogen and oxygen atoms in total. The Bertz CT molecular complexity index is 1100. The number of rotatable bonds is 18. The Labute approximate surface area is 247 Å². The number of carbonyl (C=O) groups excluding carboxylic acids is 3. The van der Waals surface area contributed by atoms with Gasteiger partial charge in [-0.3, -0.25) is 14.4 Å². The molecule has 0 saturated carbocycles. The molecule has 0 aliphatic rings. The number of amides is 3. The minimum Gasteiger partial charge on any atom is -0.391 e. The summed E-state index contributed by atoms with van der Waals surface area (Å²) < 4.78 is 0. The summed E-state index contributed by atoms with van der Waals surface area (Å²) in [5.41, 5.74) is 1.11. The van der Waals surface area contributed by atoms with Gasteiger partial charge in [0, 0.05) is 18.9 Å². The summed E-state index contributed by atoms with van der Waals surface area (Å²) in [5.74, 6) is -0.262. The highest BCUT2D eigenvalue weighted by molar-refractivity contribution is 5.89. The SMILES string of the molecule is CCCC[C@H](NC(=O)CCc1cccc2ccccc12)C(=O)N[C@@H](CC(C)C)[C@@H](O)CC(CC)C(=O)NCC(C)C. The lowest BCUT2D eigenvalue weighted by Crippen LogP contribution is -2.53. The zero-order valence-corrected chi connectivity index (χ0v) is 26.0. The number of aliphatic hydroxyl groups is 1. The summed E-state index contributed by atoms with van der Waals surface area (Å²) in [5, 5.41) is 22.4. The van der Waals surface area contributed by atoms with Crippen molar-refractivity contribution in [1.29, 1.82) is 0 Å². The smallest absolute Gasteiger partial charge is 0.242 e. The van der Waals surface area contributed by atoms with Crippen LogP contribution in [0.5, 0.6) is 0 Å². The Morgan fingerprint density at radius 3 is 2.22 bits per heavy atom. The lowest BCUT2D eigenvalue weighted by molar-refractivity contribution is -0.130. The third-order valence-corrected chi connectivity index (χ3v) is 7.59. The molecule has 0 bridgehead atoms. The van der Waals surface area contributed by atoms with Crippen LogP contribution < -0.4 is 16.0 Å². The van der Waals surface area contributed by atoms with E-state index in [1.807, 2.05) is 58.9 Å². The van der Waals surface area contributed by atoms with Gasteiger partial charge in [0.25, 0.3) is 0 Å². The molecule has 4 atom stereocenters. The van der Waals surface area contributed by atoms with Gasteiger partial charge in [0.1, 0.15) is 6.04 Å². The Morgan fingerprint density at radius 1 is 0.854 bits per heavy atom. The van der Waals surface area contributed by atoms with Gasteiger partial charge in [-0.2, -0.15) is 0 Å². The Morgan fingerprint density at radius 2 is 1.56 bits per heavy atom. The second-order valence-corrected chi connectivity index (χ2v) is 12.2. The van der Waals surface area contributed by atoms with E-state index in [4.69, 9.17) is 0 Å². The van der Waals surface area contributed by atoms with Crippen molar-refractivity contribution in [3.8, 4) is 0 Å². The maximum atomic E-state index is 13.5. The molecule has 0 fully saturated rings. The molecule has 2 aromatic carbocycles. The fraction of sp³-hybridized carbons (Fsp3) is 0.618. The van der Waals surface area contributed by atoms with Crippen LogP contribution in [0.2, 0.25) is 0 Å². The van der Waals surface area contributed by atoms with E-state index in [1.165, 1.54) is 0 Å². The average Bonchev–Trinajstić information content (AvgIpc) is 2.94. The lowest BCUT2D eigenvalue weighted by Gasteiger charge is -2.30. The van der Waals surface area contributed by atoms with Crippen molar-refractivity contribution in [1.82, 2.24) is 16.0 Å². The summed E-state index contributed by atoms with van der Waals surface area (Å²) in [6, 6.07) is 13.1. The van der Waals surface area contributed by atoms with Crippen molar-refractivity contribution >= 4 is 28.5 Å². The van der Waals surface area contributed by atoms with Crippen molar-refractivity contribution in [2.24, 2.45) is 17.8 Å². The minimum absolute atomic E-state index is 0.0610. The second-order valence-electron chi connectivity index (χ2n) is 12.2. The number of benzene rings is 2. The van der Waals surface area contributed by atoms with Gasteiger partial charge in [-0.15, -0.1) is 0 Å². The van der Waals surface area contributed by atoms with E-state index in [9.17, 15) is 19.5 Å². The van der Waals surface area contributed by atoms with Crippen LogP contribution in [0.25, 0.3) is 10.8 Å². The monoisotopic (exact) mass is 567 g/mol. The number of aryl methyl sites for hydroxylation is 1. The molecule has 0 saturated heterocycles. The zero-order chi connectivity index (χ0) is 30.4. The molecule has 41 heavy (non-hydrogen) atoms. The van der Waals surface area contributed by atoms with Crippen LogP contribution in [0.4, 0.5) is 0 Å². The first-order valence-electron chi connectivity index (χ1n) is 15.6. The fourth-order valence-electron chi connectivity index (χ4n) is 5.17. The molecule has 0 aromatic heterocycles. The van der Waals surface area contributed by atoms with Crippen LogP contribution >= 0.6 is 0 Å². The number of unbranched alkanes of at least 4 members (excludes halogenated alkanes) is 1. The molecule has 2 aromatic rings. The van der Waals surface area contributed by atoms with Crippen LogP contribution in [-0.2, 0) is 20.8 Å². The molecule has 0 aliphatic carbocycles. The summed E-state index contributed by atoms with van der Waals surface area (Å²) >= 11 is 0. The highest BCUT2D eigenvalue weighted by Crippen LogP contribution is 2.21. The molecule has 1 unspecified atom stereocenters. The zero-order valence-electron chi connectivity index (χ0n) is 26.0. The maximum absolute atomic E-state index is 13.5. The van der Waals surface area contributed by atoms with Gasteiger partial charge < -0.3 is 21.1 Å². The summed E-state index contributed by atoms with van der Waals surface area (Å²) in [6.07, 6.45) is 3.68. The number of fused-ring (bicyclic) bond motifs is 1. The van der Waals surface area contributed by atoms with Crippen molar-refractivity contribution < 1.29 is 19.5 Å². The molecule has 2 rings (SSSR count). The van der Waals surface area contributed by atoms with Crippen LogP contribution in [-0.4, -0.2) is 47.6 Å². The van der Waals surface area contributed by atoms with E-state index in [2.05, 4.69) is 41.1 Å². The summed E-state index contributed by atoms with van der Waals surface area (Å²) in [7, 11) is 0. The standard InChI is InChI=1S/C34H53N3O4/c1-7-9-17-29(36-32(39)19-18-27-15-12-14-26-13-10-11-16-28(26)27)34(41)37-30(20-23(3)4)31(38)21-25(8-2)33(40)35-22-24(5)6/h10-16,23-25,29-31,38H,7-9,17-22H2,1-6H3,(H,35,40)(H,36,39)(H,37,41)/t25?,29-,30-,31-/m0/s1. The van der Waals surface area contributed by atoms with Crippen LogP contribution in [0.3, 0.4) is 0 Å². The Balaban J connectivity index is 2.06. The number of aliphatic hydroxyl groups excluding tert-OH is 1. The number of hydrogen-bond acceptors (Lipinski definition) is 4. The van der Waals surface area contributed by atoms with Gasteiger partial charge in [0.05, 0.1) is 12.1 Å². The van der Waals surface area contributed by atoms with Gasteiger partial charge in [0.15, 0.2) is 0 Å². The third kappa shape index (κ3) is 11.8. The highest BCUT2D eigenvalue weighted by Gasteiger charge is 2.30. The van der Waals surface area contributed by atoms with Crippen LogP contribution in [0, 0.1) is 17.8 Å². The van der Waals surface area contributed by atoms with E-state index < -0.39 is 18.2 Å². The quantitative estimate of drug-likeness (QED) is 0.190. The van der Waals surface area contributed by atoms with E-state index in [1.54, 1.807) is 0 Å². The highest BCUT2D eigenvalue weighted by atomic mass is 16.3. The number of carbonyl (C=O) groups is 3. The van der Waals surface area contributed by atoms with Gasteiger partial charge in [0.2, 0.25) is 17.7 Å². The molecule has 7 heteroatoms. The van der Waals surface area contributed by atoms with E-state index >= 15 is 0 Å². The molecule has 4 N–H and O–H groups in total. The molecule has 0 spiro atoms. The maximum Gasteiger partial charge on any atom is 0.242 e. The first kappa shape index (κ1) is 34.3. The summed E-state index contributed by atoms with van der Waals surface area (Å²) in [6.45, 7) is 12.8. The molecular formula is C34H53N3O4. The number of nitrogens with one attached hydrogen (secondary N) is 3. The van der Waals surface area contributed by atoms with Gasteiger partial charge >= 0.3 is 0 Å². The first-order valence-corrected chi connectivity index (χ1v) is 15.6. The minimum atomic E-state index is -0.870. The predicted octanol–water partition coefficient (Wildman–Crippen LogP) is 5.53. The van der Waals surface area contributed by atoms with Gasteiger partial charge in [-0.1, -0.05) is 96.8 Å². The molecule has 0 heterocycles. The molecule has 0 aliphatic heterocycles. The van der Waals surface area contributed by atoms with Crippen LogP contribution in [0.15, 0.2) is 42.5 Å². The van der Waals surface area contributed by atoms with E-state index in [-0.39, 0.29) is 42.4 Å². The van der Waals surface area contributed by atoms with E-state index in [0.29, 0.717) is 38.1 Å². The lowest BCUT2D eigenvalue weighted by atomic mass is 9.90. The molecule has 0 radical (unpaired) electrons. The molecule has 228 valence electrons. The average molecular weight is 568 g/mol. The van der Waals surface area contributed by atoms with Gasteiger partial charge in [-0.05, 0) is 60.3 Å². The predicted molar refractivity (Wildman–Crippen MR) is 167 cm³/mol. The largest absolute Gasteiger partial charge is 0.391 e. The summed E-state index contributed by atoms with van der Waals surface area (Å²) in [4.78, 5) is 39.2. The second kappa shape index (κ2) is 17.8. The first-order chi connectivity index (χ1) is 19.5. The Hall–Kier alpha value is -2.93. The fourth-order valence-corrected chi connectivity index (χ4v) is 5.17. The van der Waals surface area contributed by atoms with Crippen molar-refractivity contribution in [3.05, 3.63) is 48.0 Å².